The maximum absolute atomic E-state index is 12.6. The van der Waals surface area contributed by atoms with Crippen molar-refractivity contribution in [3.8, 4) is 5.75 Å². The van der Waals surface area contributed by atoms with Crippen LogP contribution in [0.1, 0.15) is 28.9 Å². The van der Waals surface area contributed by atoms with Crippen molar-refractivity contribution in [2.24, 2.45) is 0 Å². The Hall–Kier alpha value is -2.20. The number of thioether (sulfide) groups is 1. The second-order valence-corrected chi connectivity index (χ2v) is 6.09. The molecule has 0 saturated heterocycles. The number of hydrogen-bond donors (Lipinski definition) is 1. The molecule has 2 aromatic rings. The highest BCUT2D eigenvalue weighted by atomic mass is 32.2. The van der Waals surface area contributed by atoms with E-state index in [0.717, 1.165) is 22.0 Å². The molecule has 0 heterocycles. The summed E-state index contributed by atoms with van der Waals surface area (Å²) in [5.41, 5.74) is 1.64. The minimum Gasteiger partial charge on any atom is -0.496 e. The molecule has 120 valence electrons. The van der Waals surface area contributed by atoms with Crippen LogP contribution in [0.15, 0.2) is 66.1 Å². The monoisotopic (exact) mass is 327 g/mol. The van der Waals surface area contributed by atoms with Gasteiger partial charge in [-0.25, -0.2) is 0 Å². The smallest absolute Gasteiger partial charge is 0.252 e. The van der Waals surface area contributed by atoms with E-state index in [-0.39, 0.29) is 11.9 Å². The van der Waals surface area contributed by atoms with E-state index in [4.69, 9.17) is 4.74 Å². The van der Waals surface area contributed by atoms with E-state index in [0.29, 0.717) is 5.56 Å². The van der Waals surface area contributed by atoms with Crippen LogP contribution in [0, 0.1) is 0 Å². The maximum atomic E-state index is 12.6. The zero-order valence-electron chi connectivity index (χ0n) is 13.4. The predicted molar refractivity (Wildman–Crippen MR) is 96.2 cm³/mol. The van der Waals surface area contributed by atoms with Crippen molar-refractivity contribution in [1.82, 2.24) is 5.32 Å². The second-order valence-electron chi connectivity index (χ2n) is 5.03. The molecule has 0 saturated carbocycles. The third-order valence-electron chi connectivity index (χ3n) is 3.44. The topological polar surface area (TPSA) is 38.3 Å². The Balaban J connectivity index is 2.17. The Morgan fingerprint density at radius 2 is 1.96 bits per heavy atom. The van der Waals surface area contributed by atoms with Crippen LogP contribution >= 0.6 is 11.8 Å². The Morgan fingerprint density at radius 3 is 2.70 bits per heavy atom. The van der Waals surface area contributed by atoms with Crippen molar-refractivity contribution < 1.29 is 9.53 Å². The summed E-state index contributed by atoms with van der Waals surface area (Å²) in [5, 5.41) is 3.05. The number of benzene rings is 2. The number of nitrogens with one attached hydrogen (secondary N) is 1. The number of carbonyl (C=O) groups excluding carboxylic acids is 1. The summed E-state index contributed by atoms with van der Waals surface area (Å²) in [6.45, 7) is 5.68. The Kier molecular flexibility index (Phi) is 6.29. The number of amides is 1. The van der Waals surface area contributed by atoms with Crippen molar-refractivity contribution in [2.75, 3.05) is 12.9 Å². The van der Waals surface area contributed by atoms with Crippen LogP contribution in [-0.4, -0.2) is 18.8 Å². The van der Waals surface area contributed by atoms with Gasteiger partial charge in [0.2, 0.25) is 0 Å². The predicted octanol–water partition coefficient (Wildman–Crippen LogP) is 4.46. The summed E-state index contributed by atoms with van der Waals surface area (Å²) in [7, 11) is 1.63. The van der Waals surface area contributed by atoms with Crippen molar-refractivity contribution in [3.05, 3.63) is 72.3 Å². The molecule has 0 bridgehead atoms. The molecule has 3 nitrogen and oxygen atoms in total. The largest absolute Gasteiger partial charge is 0.496 e. The zero-order valence-corrected chi connectivity index (χ0v) is 14.2. The van der Waals surface area contributed by atoms with Gasteiger partial charge in [-0.15, -0.1) is 18.3 Å². The van der Waals surface area contributed by atoms with Gasteiger partial charge in [-0.05, 0) is 25.1 Å². The standard InChI is InChI=1S/C19H21NO2S/c1-4-13-23-18-12-8-6-10-16(18)19(21)20-14(2)15-9-5-7-11-17(15)22-3/h4-12,14H,1,13H2,2-3H3,(H,20,21)/t14-/m1/s1. The van der Waals surface area contributed by atoms with E-state index < -0.39 is 0 Å². The van der Waals surface area contributed by atoms with Crippen LogP contribution in [0.3, 0.4) is 0 Å². The highest BCUT2D eigenvalue weighted by molar-refractivity contribution is 7.99. The van der Waals surface area contributed by atoms with E-state index in [1.807, 2.05) is 61.5 Å². The molecule has 0 aliphatic heterocycles. The summed E-state index contributed by atoms with van der Waals surface area (Å²) in [6.07, 6.45) is 1.83. The number of carbonyl (C=O) groups is 1. The summed E-state index contributed by atoms with van der Waals surface area (Å²) in [5.74, 6) is 1.46. The average molecular weight is 327 g/mol. The minimum atomic E-state index is -0.142. The quantitative estimate of drug-likeness (QED) is 0.602. The van der Waals surface area contributed by atoms with Gasteiger partial charge in [0.1, 0.15) is 5.75 Å². The van der Waals surface area contributed by atoms with E-state index >= 15 is 0 Å². The summed E-state index contributed by atoms with van der Waals surface area (Å²) >= 11 is 1.60. The lowest BCUT2D eigenvalue weighted by molar-refractivity contribution is 0.0936. The summed E-state index contributed by atoms with van der Waals surface area (Å²) in [4.78, 5) is 13.6. The Labute approximate surface area is 141 Å². The van der Waals surface area contributed by atoms with Crippen LogP contribution in [0.2, 0.25) is 0 Å². The minimum absolute atomic E-state index is 0.0874. The number of para-hydroxylation sites is 1. The number of methoxy groups -OCH3 is 1. The van der Waals surface area contributed by atoms with Gasteiger partial charge < -0.3 is 10.1 Å². The van der Waals surface area contributed by atoms with E-state index in [1.54, 1.807) is 18.9 Å². The molecule has 0 aromatic heterocycles. The zero-order chi connectivity index (χ0) is 16.7. The molecule has 0 aliphatic carbocycles. The molecule has 0 unspecified atom stereocenters. The highest BCUT2D eigenvalue weighted by Crippen LogP contribution is 2.26. The summed E-state index contributed by atoms with van der Waals surface area (Å²) in [6, 6.07) is 15.2. The molecular formula is C19H21NO2S. The van der Waals surface area contributed by atoms with Crippen molar-refractivity contribution in [3.63, 3.8) is 0 Å². The third kappa shape index (κ3) is 4.39. The SMILES string of the molecule is C=CCSc1ccccc1C(=O)N[C@H](C)c1ccccc1OC. The van der Waals surface area contributed by atoms with E-state index in [2.05, 4.69) is 11.9 Å². The van der Waals surface area contributed by atoms with Crippen LogP contribution in [-0.2, 0) is 0 Å². The Morgan fingerprint density at radius 1 is 1.26 bits per heavy atom. The van der Waals surface area contributed by atoms with Crippen molar-refractivity contribution in [1.29, 1.82) is 0 Å². The molecule has 1 N–H and O–H groups in total. The molecule has 0 radical (unpaired) electrons. The van der Waals surface area contributed by atoms with Gasteiger partial charge in [0, 0.05) is 16.2 Å². The molecule has 2 aromatic carbocycles. The fraction of sp³-hybridized carbons (Fsp3) is 0.211. The normalized spacial score (nSPS) is 11.6. The second kappa shape index (κ2) is 8.44. The maximum Gasteiger partial charge on any atom is 0.252 e. The van der Waals surface area contributed by atoms with Crippen molar-refractivity contribution in [2.45, 2.75) is 17.9 Å². The fourth-order valence-electron chi connectivity index (χ4n) is 2.31. The first-order valence-corrected chi connectivity index (χ1v) is 8.42. The molecule has 1 amide bonds. The van der Waals surface area contributed by atoms with Gasteiger partial charge >= 0.3 is 0 Å². The van der Waals surface area contributed by atoms with E-state index in [1.165, 1.54) is 0 Å². The van der Waals surface area contributed by atoms with Crippen LogP contribution in [0.4, 0.5) is 0 Å². The van der Waals surface area contributed by atoms with Gasteiger partial charge in [-0.2, -0.15) is 0 Å². The number of rotatable bonds is 7. The van der Waals surface area contributed by atoms with Crippen LogP contribution < -0.4 is 10.1 Å². The van der Waals surface area contributed by atoms with Gasteiger partial charge in [0.15, 0.2) is 0 Å². The first kappa shape index (κ1) is 17.2. The van der Waals surface area contributed by atoms with Crippen LogP contribution in [0.25, 0.3) is 0 Å². The molecule has 4 heteroatoms. The molecule has 0 aliphatic rings. The van der Waals surface area contributed by atoms with Crippen LogP contribution in [0.5, 0.6) is 5.75 Å². The Bertz CT molecular complexity index is 685. The van der Waals surface area contributed by atoms with Gasteiger partial charge in [-0.3, -0.25) is 4.79 Å². The first-order valence-electron chi connectivity index (χ1n) is 7.44. The van der Waals surface area contributed by atoms with Crippen molar-refractivity contribution >= 4 is 17.7 Å². The summed E-state index contributed by atoms with van der Waals surface area (Å²) < 4.78 is 5.36. The number of hydrogen-bond acceptors (Lipinski definition) is 3. The van der Waals surface area contributed by atoms with Gasteiger partial charge in [0.05, 0.1) is 18.7 Å². The van der Waals surface area contributed by atoms with Gasteiger partial charge in [-0.1, -0.05) is 36.4 Å². The lowest BCUT2D eigenvalue weighted by atomic mass is 10.1. The molecule has 0 fully saturated rings. The number of ether oxygens (including phenoxy) is 1. The molecule has 23 heavy (non-hydrogen) atoms. The molecule has 2 rings (SSSR count). The first-order chi connectivity index (χ1) is 11.2. The molecule has 1 atom stereocenters. The lowest BCUT2D eigenvalue weighted by Gasteiger charge is -2.18. The fourth-order valence-corrected chi connectivity index (χ4v) is 3.09. The lowest BCUT2D eigenvalue weighted by Crippen LogP contribution is -2.27. The molecular weight excluding hydrogens is 306 g/mol. The molecule has 0 spiro atoms. The highest BCUT2D eigenvalue weighted by Gasteiger charge is 2.16. The van der Waals surface area contributed by atoms with Gasteiger partial charge in [0.25, 0.3) is 5.91 Å². The third-order valence-corrected chi connectivity index (χ3v) is 4.51. The average Bonchev–Trinajstić information content (AvgIpc) is 2.60. The van der Waals surface area contributed by atoms with E-state index in [9.17, 15) is 4.79 Å².